The Labute approximate surface area is 114 Å². The van der Waals surface area contributed by atoms with E-state index in [1.807, 2.05) is 7.05 Å². The predicted molar refractivity (Wildman–Crippen MR) is 78.1 cm³/mol. The van der Waals surface area contributed by atoms with Crippen LogP contribution in [-0.4, -0.2) is 23.5 Å². The van der Waals surface area contributed by atoms with Crippen molar-refractivity contribution in [3.05, 3.63) is 35.1 Å². The second kappa shape index (κ2) is 7.44. The molecule has 0 bridgehead atoms. The molecule has 0 aliphatic heterocycles. The molecule has 0 saturated heterocycles. The molecule has 0 spiro atoms. The number of hydrogen-bond donors (Lipinski definition) is 1. The number of rotatable bonds is 7. The number of nitrogens with two attached hydrogens (primary N) is 1. The summed E-state index contributed by atoms with van der Waals surface area (Å²) >= 11 is 4.91. The van der Waals surface area contributed by atoms with Gasteiger partial charge < -0.3 is 10.6 Å². The maximum Gasteiger partial charge on any atom is 0.127 e. The van der Waals surface area contributed by atoms with E-state index in [9.17, 15) is 4.39 Å². The molecule has 0 heterocycles. The van der Waals surface area contributed by atoms with Crippen LogP contribution in [0.2, 0.25) is 0 Å². The molecule has 0 saturated carbocycles. The summed E-state index contributed by atoms with van der Waals surface area (Å²) in [5.41, 5.74) is 6.93. The SMILES string of the molecule is CCCCCN(C)Cc1cc(C(N)=S)ccc1F. The Balaban J connectivity index is 2.65. The van der Waals surface area contributed by atoms with E-state index < -0.39 is 0 Å². The molecule has 2 N–H and O–H groups in total. The summed E-state index contributed by atoms with van der Waals surface area (Å²) in [5.74, 6) is -0.197. The van der Waals surface area contributed by atoms with Crippen LogP contribution in [0, 0.1) is 5.82 Å². The van der Waals surface area contributed by atoms with E-state index in [0.717, 1.165) is 18.5 Å². The van der Waals surface area contributed by atoms with Crippen molar-refractivity contribution in [1.29, 1.82) is 0 Å². The average Bonchev–Trinajstić information content (AvgIpc) is 2.32. The van der Waals surface area contributed by atoms with Gasteiger partial charge in [-0.25, -0.2) is 4.39 Å². The third kappa shape index (κ3) is 4.70. The van der Waals surface area contributed by atoms with Gasteiger partial charge in [-0.3, -0.25) is 0 Å². The van der Waals surface area contributed by atoms with Crippen LogP contribution in [0.4, 0.5) is 4.39 Å². The van der Waals surface area contributed by atoms with Crippen LogP contribution < -0.4 is 5.73 Å². The number of hydrogen-bond acceptors (Lipinski definition) is 2. The Bertz CT molecular complexity index is 407. The molecular formula is C14H21FN2S. The third-order valence-electron chi connectivity index (χ3n) is 2.91. The first-order chi connectivity index (χ1) is 8.54. The van der Waals surface area contributed by atoms with Gasteiger partial charge in [0.15, 0.2) is 0 Å². The predicted octanol–water partition coefficient (Wildman–Crippen LogP) is 3.08. The molecule has 0 unspecified atom stereocenters. The zero-order chi connectivity index (χ0) is 13.5. The lowest BCUT2D eigenvalue weighted by atomic mass is 10.1. The van der Waals surface area contributed by atoms with Gasteiger partial charge in [-0.05, 0) is 38.2 Å². The summed E-state index contributed by atoms with van der Waals surface area (Å²) in [6, 6.07) is 4.80. The van der Waals surface area contributed by atoms with Crippen LogP contribution >= 0.6 is 12.2 Å². The molecule has 4 heteroatoms. The number of thiocarbonyl (C=S) groups is 1. The lowest BCUT2D eigenvalue weighted by molar-refractivity contribution is 0.313. The van der Waals surface area contributed by atoms with E-state index in [2.05, 4.69) is 11.8 Å². The molecular weight excluding hydrogens is 247 g/mol. The summed E-state index contributed by atoms with van der Waals surface area (Å²) in [5, 5.41) is 0. The second-order valence-corrected chi connectivity index (χ2v) is 5.06. The van der Waals surface area contributed by atoms with Crippen molar-refractivity contribution in [2.75, 3.05) is 13.6 Å². The molecule has 0 fully saturated rings. The van der Waals surface area contributed by atoms with Gasteiger partial charge in [-0.2, -0.15) is 0 Å². The first-order valence-corrected chi connectivity index (χ1v) is 6.72. The molecule has 0 radical (unpaired) electrons. The summed E-state index contributed by atoms with van der Waals surface area (Å²) in [6.07, 6.45) is 3.54. The lowest BCUT2D eigenvalue weighted by Crippen LogP contribution is -2.20. The molecule has 0 aromatic heterocycles. The number of nitrogens with zero attached hydrogens (tertiary/aromatic N) is 1. The van der Waals surface area contributed by atoms with Crippen molar-refractivity contribution in [2.45, 2.75) is 32.7 Å². The van der Waals surface area contributed by atoms with Crippen molar-refractivity contribution in [3.63, 3.8) is 0 Å². The highest BCUT2D eigenvalue weighted by Crippen LogP contribution is 2.13. The fourth-order valence-corrected chi connectivity index (χ4v) is 1.98. The quantitative estimate of drug-likeness (QED) is 0.608. The van der Waals surface area contributed by atoms with Gasteiger partial charge in [0.25, 0.3) is 0 Å². The highest BCUT2D eigenvalue weighted by molar-refractivity contribution is 7.80. The van der Waals surface area contributed by atoms with Gasteiger partial charge in [0, 0.05) is 17.7 Å². The van der Waals surface area contributed by atoms with Crippen LogP contribution in [0.15, 0.2) is 18.2 Å². The van der Waals surface area contributed by atoms with Crippen molar-refractivity contribution >= 4 is 17.2 Å². The maximum absolute atomic E-state index is 13.7. The van der Waals surface area contributed by atoms with Crippen molar-refractivity contribution in [2.24, 2.45) is 5.73 Å². The summed E-state index contributed by atoms with van der Waals surface area (Å²) in [4.78, 5) is 2.43. The normalized spacial score (nSPS) is 10.9. The highest BCUT2D eigenvalue weighted by atomic mass is 32.1. The molecule has 18 heavy (non-hydrogen) atoms. The Morgan fingerprint density at radius 2 is 2.11 bits per heavy atom. The van der Waals surface area contributed by atoms with Crippen LogP contribution in [0.5, 0.6) is 0 Å². The zero-order valence-corrected chi connectivity index (χ0v) is 11.9. The summed E-state index contributed by atoms with van der Waals surface area (Å²) in [7, 11) is 2.00. The largest absolute Gasteiger partial charge is 0.389 e. The Kier molecular flexibility index (Phi) is 6.22. The van der Waals surface area contributed by atoms with E-state index in [4.69, 9.17) is 18.0 Å². The van der Waals surface area contributed by atoms with Crippen LogP contribution in [-0.2, 0) is 6.54 Å². The zero-order valence-electron chi connectivity index (χ0n) is 11.1. The van der Waals surface area contributed by atoms with Gasteiger partial charge >= 0.3 is 0 Å². The Morgan fingerprint density at radius 1 is 1.39 bits per heavy atom. The molecule has 100 valence electrons. The lowest BCUT2D eigenvalue weighted by Gasteiger charge is -2.17. The fourth-order valence-electron chi connectivity index (χ4n) is 1.85. The second-order valence-electron chi connectivity index (χ2n) is 4.62. The maximum atomic E-state index is 13.7. The van der Waals surface area contributed by atoms with E-state index >= 15 is 0 Å². The number of benzene rings is 1. The minimum Gasteiger partial charge on any atom is -0.389 e. The molecule has 1 aromatic rings. The minimum absolute atomic E-state index is 0.197. The first-order valence-electron chi connectivity index (χ1n) is 6.31. The van der Waals surface area contributed by atoms with Gasteiger partial charge in [-0.1, -0.05) is 32.0 Å². The summed E-state index contributed by atoms with van der Waals surface area (Å²) in [6.45, 7) is 3.74. The Morgan fingerprint density at radius 3 is 2.72 bits per heavy atom. The van der Waals surface area contributed by atoms with Gasteiger partial charge in [0.2, 0.25) is 0 Å². The van der Waals surface area contributed by atoms with Crippen molar-refractivity contribution < 1.29 is 4.39 Å². The molecule has 0 amide bonds. The fraction of sp³-hybridized carbons (Fsp3) is 0.500. The van der Waals surface area contributed by atoms with Crippen LogP contribution in [0.1, 0.15) is 37.3 Å². The first kappa shape index (κ1) is 15.1. The number of unbranched alkanes of at least 4 members (excludes halogenated alkanes) is 2. The molecule has 2 nitrogen and oxygen atoms in total. The molecule has 1 rings (SSSR count). The minimum atomic E-state index is -0.197. The molecule has 0 atom stereocenters. The summed E-state index contributed by atoms with van der Waals surface area (Å²) < 4.78 is 13.7. The standard InChI is InChI=1S/C14H21FN2S/c1-3-4-5-8-17(2)10-12-9-11(14(16)18)6-7-13(12)15/h6-7,9H,3-5,8,10H2,1-2H3,(H2,16,18). The van der Waals surface area contributed by atoms with Crippen molar-refractivity contribution in [3.8, 4) is 0 Å². The number of halogens is 1. The van der Waals surface area contributed by atoms with Gasteiger partial charge in [-0.15, -0.1) is 0 Å². The van der Waals surface area contributed by atoms with Crippen LogP contribution in [0.3, 0.4) is 0 Å². The highest BCUT2D eigenvalue weighted by Gasteiger charge is 2.08. The smallest absolute Gasteiger partial charge is 0.127 e. The average molecular weight is 268 g/mol. The van der Waals surface area contributed by atoms with E-state index in [1.54, 1.807) is 12.1 Å². The monoisotopic (exact) mass is 268 g/mol. The topological polar surface area (TPSA) is 29.3 Å². The Hall–Kier alpha value is -1.00. The van der Waals surface area contributed by atoms with Crippen LogP contribution in [0.25, 0.3) is 0 Å². The van der Waals surface area contributed by atoms with E-state index in [0.29, 0.717) is 17.1 Å². The third-order valence-corrected chi connectivity index (χ3v) is 3.15. The molecule has 1 aromatic carbocycles. The van der Waals surface area contributed by atoms with Gasteiger partial charge in [0.1, 0.15) is 10.8 Å². The van der Waals surface area contributed by atoms with Crippen molar-refractivity contribution in [1.82, 2.24) is 4.90 Å². The molecule has 0 aliphatic rings. The van der Waals surface area contributed by atoms with E-state index in [1.165, 1.54) is 18.9 Å². The van der Waals surface area contributed by atoms with Gasteiger partial charge in [0.05, 0.1) is 0 Å². The molecule has 0 aliphatic carbocycles. The van der Waals surface area contributed by atoms with E-state index in [-0.39, 0.29) is 5.82 Å².